The molecule has 0 amide bonds. The fourth-order valence-electron chi connectivity index (χ4n) is 1.73. The van der Waals surface area contributed by atoms with Crippen molar-refractivity contribution in [2.45, 2.75) is 13.0 Å². The minimum absolute atomic E-state index is 0.249. The predicted octanol–water partition coefficient (Wildman–Crippen LogP) is -0.454. The molecule has 0 radical (unpaired) electrons. The Balaban J connectivity index is 2.14. The third kappa shape index (κ3) is 4.47. The summed E-state index contributed by atoms with van der Waals surface area (Å²) in [6.45, 7) is 9.19. The highest BCUT2D eigenvalue weighted by atomic mass is 16.3. The van der Waals surface area contributed by atoms with E-state index in [1.54, 1.807) is 0 Å². The summed E-state index contributed by atoms with van der Waals surface area (Å²) in [7, 11) is 4.26. The van der Waals surface area contributed by atoms with E-state index >= 15 is 0 Å². The van der Waals surface area contributed by atoms with Gasteiger partial charge in [0, 0.05) is 45.3 Å². The van der Waals surface area contributed by atoms with E-state index < -0.39 is 0 Å². The summed E-state index contributed by atoms with van der Waals surface area (Å²) in [6.07, 6.45) is 0. The van der Waals surface area contributed by atoms with E-state index in [1.165, 1.54) is 26.2 Å². The van der Waals surface area contributed by atoms with E-state index in [-0.39, 0.29) is 12.6 Å². The van der Waals surface area contributed by atoms with Crippen LogP contribution in [0.1, 0.15) is 6.92 Å². The Morgan fingerprint density at radius 2 is 1.87 bits per heavy atom. The molecule has 1 saturated heterocycles. The summed E-state index contributed by atoms with van der Waals surface area (Å²) in [5, 5.41) is 9.01. The lowest BCUT2D eigenvalue weighted by molar-refractivity contribution is 0.115. The zero-order chi connectivity index (χ0) is 11.3. The molecule has 0 spiro atoms. The number of aliphatic hydroxyl groups is 1. The summed E-state index contributed by atoms with van der Waals surface area (Å²) in [5.41, 5.74) is 0. The lowest BCUT2D eigenvalue weighted by atomic mass is 10.3. The van der Waals surface area contributed by atoms with Crippen LogP contribution in [0.5, 0.6) is 0 Å². The normalized spacial score (nSPS) is 22.2. The molecule has 0 aromatic carbocycles. The lowest BCUT2D eigenvalue weighted by Crippen LogP contribution is -2.47. The maximum absolute atomic E-state index is 9.01. The van der Waals surface area contributed by atoms with Crippen LogP contribution in [0.4, 0.5) is 0 Å². The summed E-state index contributed by atoms with van der Waals surface area (Å²) in [5.74, 6) is 0. The molecule has 1 aliphatic rings. The van der Waals surface area contributed by atoms with Gasteiger partial charge in [-0.1, -0.05) is 0 Å². The Morgan fingerprint density at radius 1 is 1.27 bits per heavy atom. The van der Waals surface area contributed by atoms with Crippen LogP contribution in [0, 0.1) is 0 Å². The van der Waals surface area contributed by atoms with Gasteiger partial charge in [-0.05, 0) is 21.0 Å². The Morgan fingerprint density at radius 3 is 2.40 bits per heavy atom. The van der Waals surface area contributed by atoms with Crippen molar-refractivity contribution in [3.63, 3.8) is 0 Å². The maximum atomic E-state index is 9.01. The van der Waals surface area contributed by atoms with Gasteiger partial charge in [0.2, 0.25) is 0 Å². The van der Waals surface area contributed by atoms with Gasteiger partial charge in [-0.2, -0.15) is 0 Å². The zero-order valence-corrected chi connectivity index (χ0v) is 10.3. The van der Waals surface area contributed by atoms with Gasteiger partial charge < -0.3 is 14.9 Å². The standard InChI is InChI=1S/C11H25N3O/c1-11(10-15)13(3)6-9-14-7-4-12(2)5-8-14/h11,15H,4-10H2,1-3H3. The number of hydrogen-bond donors (Lipinski definition) is 1. The van der Waals surface area contributed by atoms with E-state index in [0.717, 1.165) is 13.1 Å². The molecule has 4 nitrogen and oxygen atoms in total. The highest BCUT2D eigenvalue weighted by Crippen LogP contribution is 2.00. The Bertz CT molecular complexity index is 169. The maximum Gasteiger partial charge on any atom is 0.0584 e. The van der Waals surface area contributed by atoms with Crippen molar-refractivity contribution in [3.05, 3.63) is 0 Å². The van der Waals surface area contributed by atoms with Crippen LogP contribution in [-0.2, 0) is 0 Å². The van der Waals surface area contributed by atoms with Crippen molar-refractivity contribution in [3.8, 4) is 0 Å². The SMILES string of the molecule is CC(CO)N(C)CCN1CCN(C)CC1. The number of rotatable bonds is 5. The second-order valence-corrected chi connectivity index (χ2v) is 4.66. The first-order chi connectivity index (χ1) is 7.13. The third-order valence-corrected chi connectivity index (χ3v) is 3.38. The van der Waals surface area contributed by atoms with Gasteiger partial charge in [0.25, 0.3) is 0 Å². The minimum Gasteiger partial charge on any atom is -0.395 e. The number of hydrogen-bond acceptors (Lipinski definition) is 4. The van der Waals surface area contributed by atoms with E-state index in [9.17, 15) is 0 Å². The molecule has 90 valence electrons. The molecule has 1 aliphatic heterocycles. The fourth-order valence-corrected chi connectivity index (χ4v) is 1.73. The van der Waals surface area contributed by atoms with Crippen LogP contribution in [0.15, 0.2) is 0 Å². The average molecular weight is 215 g/mol. The lowest BCUT2D eigenvalue weighted by Gasteiger charge is -2.34. The van der Waals surface area contributed by atoms with Gasteiger partial charge in [-0.3, -0.25) is 4.90 Å². The van der Waals surface area contributed by atoms with Gasteiger partial charge in [-0.25, -0.2) is 0 Å². The van der Waals surface area contributed by atoms with Crippen molar-refractivity contribution in [1.29, 1.82) is 0 Å². The molecule has 0 aliphatic carbocycles. The molecular formula is C11H25N3O. The van der Waals surface area contributed by atoms with Crippen LogP contribution in [0.2, 0.25) is 0 Å². The number of piperazine rings is 1. The zero-order valence-electron chi connectivity index (χ0n) is 10.3. The van der Waals surface area contributed by atoms with Crippen LogP contribution in [-0.4, -0.2) is 85.8 Å². The first-order valence-electron chi connectivity index (χ1n) is 5.85. The van der Waals surface area contributed by atoms with Gasteiger partial charge in [0.1, 0.15) is 0 Å². The highest BCUT2D eigenvalue weighted by molar-refractivity contribution is 4.71. The molecule has 1 fully saturated rings. The number of nitrogens with zero attached hydrogens (tertiary/aromatic N) is 3. The van der Waals surface area contributed by atoms with Gasteiger partial charge in [0.05, 0.1) is 6.61 Å². The third-order valence-electron chi connectivity index (χ3n) is 3.38. The summed E-state index contributed by atoms with van der Waals surface area (Å²) in [4.78, 5) is 7.09. The monoisotopic (exact) mass is 215 g/mol. The van der Waals surface area contributed by atoms with E-state index in [2.05, 4.69) is 35.7 Å². The Labute approximate surface area is 93.5 Å². The molecule has 1 rings (SSSR count). The Kier molecular flexibility index (Phi) is 5.53. The van der Waals surface area contributed by atoms with Gasteiger partial charge >= 0.3 is 0 Å². The molecule has 1 N–H and O–H groups in total. The first kappa shape index (κ1) is 12.9. The molecule has 4 heteroatoms. The van der Waals surface area contributed by atoms with Crippen molar-refractivity contribution in [1.82, 2.24) is 14.7 Å². The first-order valence-corrected chi connectivity index (χ1v) is 5.85. The smallest absolute Gasteiger partial charge is 0.0584 e. The molecular weight excluding hydrogens is 190 g/mol. The average Bonchev–Trinajstić information content (AvgIpc) is 2.26. The van der Waals surface area contributed by atoms with Crippen LogP contribution in [0.3, 0.4) is 0 Å². The summed E-state index contributed by atoms with van der Waals surface area (Å²) in [6, 6.07) is 0.275. The topological polar surface area (TPSA) is 30.0 Å². The van der Waals surface area contributed by atoms with E-state index in [1.807, 2.05) is 0 Å². The van der Waals surface area contributed by atoms with Crippen molar-refractivity contribution in [2.24, 2.45) is 0 Å². The van der Waals surface area contributed by atoms with Crippen molar-refractivity contribution >= 4 is 0 Å². The van der Waals surface area contributed by atoms with Crippen LogP contribution >= 0.6 is 0 Å². The number of likely N-dealkylation sites (N-methyl/N-ethyl adjacent to an activating group) is 2. The quantitative estimate of drug-likeness (QED) is 0.672. The van der Waals surface area contributed by atoms with Crippen molar-refractivity contribution < 1.29 is 5.11 Å². The van der Waals surface area contributed by atoms with Crippen LogP contribution in [0.25, 0.3) is 0 Å². The molecule has 0 saturated carbocycles. The second kappa shape index (κ2) is 6.43. The molecule has 15 heavy (non-hydrogen) atoms. The fraction of sp³-hybridized carbons (Fsp3) is 1.00. The van der Waals surface area contributed by atoms with E-state index in [4.69, 9.17) is 5.11 Å². The number of aliphatic hydroxyl groups excluding tert-OH is 1. The van der Waals surface area contributed by atoms with Crippen molar-refractivity contribution in [2.75, 3.05) is 60.0 Å². The minimum atomic E-state index is 0.249. The molecule has 1 unspecified atom stereocenters. The molecule has 0 aromatic rings. The summed E-state index contributed by atoms with van der Waals surface area (Å²) >= 11 is 0. The summed E-state index contributed by atoms with van der Waals surface area (Å²) < 4.78 is 0. The van der Waals surface area contributed by atoms with E-state index in [0.29, 0.717) is 0 Å². The van der Waals surface area contributed by atoms with Crippen LogP contribution < -0.4 is 0 Å². The molecule has 1 heterocycles. The molecule has 1 atom stereocenters. The Hall–Kier alpha value is -0.160. The molecule has 0 aromatic heterocycles. The molecule has 0 bridgehead atoms. The second-order valence-electron chi connectivity index (χ2n) is 4.66. The van der Waals surface area contributed by atoms with Gasteiger partial charge in [0.15, 0.2) is 0 Å². The highest BCUT2D eigenvalue weighted by Gasteiger charge is 2.14. The largest absolute Gasteiger partial charge is 0.395 e. The predicted molar refractivity (Wildman–Crippen MR) is 63.1 cm³/mol. The van der Waals surface area contributed by atoms with Gasteiger partial charge in [-0.15, -0.1) is 0 Å².